The molecule has 2 unspecified atom stereocenters. The second-order valence-corrected chi connectivity index (χ2v) is 4.42. The number of ether oxygens (including phenoxy) is 1. The molecule has 2 atom stereocenters. The first-order valence-corrected chi connectivity index (χ1v) is 5.73. The van der Waals surface area contributed by atoms with Crippen molar-refractivity contribution in [3.8, 4) is 0 Å². The standard InChI is InChI=1S/C12H15N2O4/c1-7-9-4-5-13(12(16)18-3)6-10(9)11(15)8(2)14(7)17/h4-5,7-8H,6H2,1-3H3/q-1. The summed E-state index contributed by atoms with van der Waals surface area (Å²) >= 11 is 0. The molecule has 0 aromatic carbocycles. The zero-order chi connectivity index (χ0) is 13.4. The maximum Gasteiger partial charge on any atom is 0.413 e. The van der Waals surface area contributed by atoms with Crippen LogP contribution in [0.4, 0.5) is 4.79 Å². The molecule has 2 aliphatic heterocycles. The van der Waals surface area contributed by atoms with Crippen LogP contribution in [0.25, 0.3) is 0 Å². The fraction of sp³-hybridized carbons (Fsp3) is 0.500. The molecule has 2 rings (SSSR count). The van der Waals surface area contributed by atoms with E-state index in [1.807, 2.05) is 0 Å². The van der Waals surface area contributed by atoms with Crippen LogP contribution >= 0.6 is 0 Å². The smallest absolute Gasteiger partial charge is 0.413 e. The molecule has 2 heterocycles. The van der Waals surface area contributed by atoms with Crippen LogP contribution in [0.2, 0.25) is 0 Å². The number of hydrogen-bond acceptors (Lipinski definition) is 5. The quantitative estimate of drug-likeness (QED) is 0.643. The van der Waals surface area contributed by atoms with Gasteiger partial charge in [-0.3, -0.25) is 9.69 Å². The largest absolute Gasteiger partial charge is 0.784 e. The summed E-state index contributed by atoms with van der Waals surface area (Å²) in [7, 11) is 1.29. The molecule has 6 heteroatoms. The van der Waals surface area contributed by atoms with E-state index in [2.05, 4.69) is 4.74 Å². The van der Waals surface area contributed by atoms with Crippen molar-refractivity contribution in [3.05, 3.63) is 28.6 Å². The molecule has 0 N–H and O–H groups in total. The Hall–Kier alpha value is -1.66. The fourth-order valence-corrected chi connectivity index (χ4v) is 2.28. The third kappa shape index (κ3) is 1.83. The highest BCUT2D eigenvalue weighted by Gasteiger charge is 2.34. The van der Waals surface area contributed by atoms with Gasteiger partial charge in [-0.1, -0.05) is 0 Å². The number of hydrogen-bond donors (Lipinski definition) is 0. The molecular weight excluding hydrogens is 236 g/mol. The third-order valence-corrected chi connectivity index (χ3v) is 3.41. The van der Waals surface area contributed by atoms with Crippen molar-refractivity contribution in [2.24, 2.45) is 0 Å². The number of methoxy groups -OCH3 is 1. The fourth-order valence-electron chi connectivity index (χ4n) is 2.28. The second-order valence-electron chi connectivity index (χ2n) is 4.42. The van der Waals surface area contributed by atoms with Crippen LogP contribution in [0.15, 0.2) is 23.4 Å². The van der Waals surface area contributed by atoms with E-state index in [0.29, 0.717) is 11.1 Å². The van der Waals surface area contributed by atoms with Crippen LogP contribution in [-0.2, 0) is 9.53 Å². The zero-order valence-corrected chi connectivity index (χ0v) is 10.5. The number of hydroxylamine groups is 2. The van der Waals surface area contributed by atoms with Crippen molar-refractivity contribution in [2.45, 2.75) is 25.9 Å². The summed E-state index contributed by atoms with van der Waals surface area (Å²) in [6, 6.07) is -1.08. The topological polar surface area (TPSA) is 72.9 Å². The lowest BCUT2D eigenvalue weighted by molar-refractivity contribution is -0.120. The molecule has 0 bridgehead atoms. The van der Waals surface area contributed by atoms with Crippen molar-refractivity contribution in [1.29, 1.82) is 0 Å². The maximum atomic E-state index is 12.1. The predicted molar refractivity (Wildman–Crippen MR) is 64.4 cm³/mol. The van der Waals surface area contributed by atoms with Gasteiger partial charge in [-0.05, 0) is 25.5 Å². The molecule has 0 aromatic rings. The van der Waals surface area contributed by atoms with E-state index >= 15 is 0 Å². The molecule has 0 aromatic heterocycles. The number of Topliss-reactive ketones (excluding diaryl/α,β-unsaturated/α-hetero) is 1. The Balaban J connectivity index is 2.33. The number of nitrogens with zero attached hydrogens (tertiary/aromatic N) is 2. The van der Waals surface area contributed by atoms with E-state index in [9.17, 15) is 14.8 Å². The van der Waals surface area contributed by atoms with E-state index in [4.69, 9.17) is 0 Å². The van der Waals surface area contributed by atoms with E-state index in [0.717, 1.165) is 5.06 Å². The Morgan fingerprint density at radius 3 is 2.72 bits per heavy atom. The Bertz CT molecular complexity index is 455. The Kier molecular flexibility index (Phi) is 3.23. The van der Waals surface area contributed by atoms with E-state index < -0.39 is 12.1 Å². The van der Waals surface area contributed by atoms with Gasteiger partial charge in [0.25, 0.3) is 0 Å². The van der Waals surface area contributed by atoms with E-state index in [1.54, 1.807) is 19.9 Å². The molecule has 6 nitrogen and oxygen atoms in total. The van der Waals surface area contributed by atoms with Crippen LogP contribution < -0.4 is 0 Å². The summed E-state index contributed by atoms with van der Waals surface area (Å²) in [5, 5.41) is 12.6. The molecular formula is C12H15N2O4-. The van der Waals surface area contributed by atoms with Gasteiger partial charge < -0.3 is 15.0 Å². The van der Waals surface area contributed by atoms with Gasteiger partial charge in [0.15, 0.2) is 5.78 Å². The van der Waals surface area contributed by atoms with Gasteiger partial charge in [0.2, 0.25) is 0 Å². The van der Waals surface area contributed by atoms with E-state index in [-0.39, 0.29) is 18.4 Å². The van der Waals surface area contributed by atoms with Crippen molar-refractivity contribution >= 4 is 11.9 Å². The minimum Gasteiger partial charge on any atom is -0.784 e. The van der Waals surface area contributed by atoms with Crippen LogP contribution in [0.5, 0.6) is 0 Å². The van der Waals surface area contributed by atoms with Gasteiger partial charge in [0.05, 0.1) is 19.7 Å². The molecule has 0 saturated carbocycles. The van der Waals surface area contributed by atoms with E-state index in [1.165, 1.54) is 18.2 Å². The first-order chi connectivity index (χ1) is 8.47. The molecule has 2 aliphatic rings. The summed E-state index contributed by atoms with van der Waals surface area (Å²) in [5.41, 5.74) is 1.21. The minimum absolute atomic E-state index is 0.167. The average Bonchev–Trinajstić information content (AvgIpc) is 2.41. The lowest BCUT2D eigenvalue weighted by atomic mass is 9.88. The SMILES string of the molecule is COC(=O)N1C=CC2=C(C1)C(=O)C(C)N([O-])C2C. The highest BCUT2D eigenvalue weighted by molar-refractivity contribution is 6.02. The van der Waals surface area contributed by atoms with Crippen molar-refractivity contribution in [1.82, 2.24) is 9.96 Å². The molecule has 0 fully saturated rings. The van der Waals surface area contributed by atoms with Crippen molar-refractivity contribution in [2.75, 3.05) is 13.7 Å². The highest BCUT2D eigenvalue weighted by atomic mass is 16.5. The minimum atomic E-state index is -0.704. The molecule has 0 saturated heterocycles. The Morgan fingerprint density at radius 1 is 1.44 bits per heavy atom. The van der Waals surface area contributed by atoms with Crippen molar-refractivity contribution in [3.63, 3.8) is 0 Å². The Labute approximate surface area is 105 Å². The molecule has 0 aliphatic carbocycles. The molecule has 18 heavy (non-hydrogen) atoms. The first kappa shape index (κ1) is 12.8. The lowest BCUT2D eigenvalue weighted by Gasteiger charge is -2.46. The number of ketones is 1. The number of carbonyl (C=O) groups excluding carboxylic acids is 2. The van der Waals surface area contributed by atoms with Gasteiger partial charge in [-0.15, -0.1) is 0 Å². The predicted octanol–water partition coefficient (Wildman–Crippen LogP) is 1.04. The average molecular weight is 251 g/mol. The summed E-state index contributed by atoms with van der Waals surface area (Å²) in [4.78, 5) is 24.8. The number of carbonyl (C=O) groups is 2. The van der Waals surface area contributed by atoms with Crippen LogP contribution in [0.3, 0.4) is 0 Å². The van der Waals surface area contributed by atoms with Crippen LogP contribution in [0.1, 0.15) is 13.8 Å². The lowest BCUT2D eigenvalue weighted by Crippen LogP contribution is -2.49. The van der Waals surface area contributed by atoms with Gasteiger partial charge >= 0.3 is 6.09 Å². The molecule has 1 amide bonds. The molecule has 0 radical (unpaired) electrons. The number of rotatable bonds is 0. The summed E-state index contributed by atoms with van der Waals surface area (Å²) < 4.78 is 4.61. The normalized spacial score (nSPS) is 28.4. The second kappa shape index (κ2) is 4.55. The number of amides is 1. The van der Waals surface area contributed by atoms with Crippen molar-refractivity contribution < 1.29 is 14.3 Å². The van der Waals surface area contributed by atoms with Gasteiger partial charge in [0.1, 0.15) is 0 Å². The maximum absolute atomic E-state index is 12.1. The summed E-state index contributed by atoms with van der Waals surface area (Å²) in [6.45, 7) is 3.50. The van der Waals surface area contributed by atoms with Gasteiger partial charge in [0, 0.05) is 17.8 Å². The summed E-state index contributed by atoms with van der Waals surface area (Å²) in [6.07, 6.45) is 2.66. The van der Waals surface area contributed by atoms with Crippen LogP contribution in [0, 0.1) is 5.21 Å². The molecule has 98 valence electrons. The molecule has 0 spiro atoms. The first-order valence-electron chi connectivity index (χ1n) is 5.73. The highest BCUT2D eigenvalue weighted by Crippen LogP contribution is 2.29. The van der Waals surface area contributed by atoms with Crippen LogP contribution in [-0.4, -0.2) is 47.6 Å². The third-order valence-electron chi connectivity index (χ3n) is 3.41. The van der Waals surface area contributed by atoms with Gasteiger partial charge in [-0.25, -0.2) is 4.79 Å². The van der Waals surface area contributed by atoms with Gasteiger partial charge in [-0.2, -0.15) is 0 Å². The zero-order valence-electron chi connectivity index (χ0n) is 10.5. The summed E-state index contributed by atoms with van der Waals surface area (Å²) in [5.74, 6) is -0.226. The monoisotopic (exact) mass is 251 g/mol. The Morgan fingerprint density at radius 2 is 2.11 bits per heavy atom.